The highest BCUT2D eigenvalue weighted by Gasteiger charge is 2.62. The van der Waals surface area contributed by atoms with Crippen molar-refractivity contribution in [3.05, 3.63) is 0 Å². The monoisotopic (exact) mass is 406 g/mol. The molecule has 160 valence electrons. The lowest BCUT2D eigenvalue weighted by molar-refractivity contribution is -0.213. The molecule has 0 radical (unpaired) electrons. The Balaban J connectivity index is 3.33. The van der Waals surface area contributed by atoms with Gasteiger partial charge in [-0.1, -0.05) is 0 Å². The van der Waals surface area contributed by atoms with Crippen molar-refractivity contribution < 1.29 is 52.7 Å². The number of ether oxygens (including phenoxy) is 6. The summed E-state index contributed by atoms with van der Waals surface area (Å²) in [4.78, 5) is 45.9. The minimum absolute atomic E-state index is 0.318. The Morgan fingerprint density at radius 2 is 1.54 bits per heavy atom. The molecule has 1 fully saturated rings. The van der Waals surface area contributed by atoms with Crippen molar-refractivity contribution in [3.63, 3.8) is 0 Å². The molecule has 1 heterocycles. The number of rotatable bonds is 9. The van der Waals surface area contributed by atoms with Crippen molar-refractivity contribution >= 4 is 23.9 Å². The number of carbonyl (C=O) groups is 4. The summed E-state index contributed by atoms with van der Waals surface area (Å²) in [5.74, 6) is -2.70. The molecule has 11 heteroatoms. The molecule has 28 heavy (non-hydrogen) atoms. The van der Waals surface area contributed by atoms with Gasteiger partial charge >= 0.3 is 23.9 Å². The van der Waals surface area contributed by atoms with E-state index in [0.717, 1.165) is 13.8 Å². The van der Waals surface area contributed by atoms with Crippen molar-refractivity contribution in [2.45, 2.75) is 64.8 Å². The fraction of sp³-hybridized carbons (Fsp3) is 0.765. The maximum Gasteiger partial charge on any atom is 0.303 e. The molecule has 0 aromatic carbocycles. The first-order chi connectivity index (χ1) is 13.0. The zero-order chi connectivity index (χ0) is 21.5. The van der Waals surface area contributed by atoms with Crippen molar-refractivity contribution in [1.29, 1.82) is 0 Å². The summed E-state index contributed by atoms with van der Waals surface area (Å²) in [7, 11) is 0. The topological polar surface area (TPSA) is 144 Å². The second-order valence-corrected chi connectivity index (χ2v) is 6.26. The molecule has 0 spiro atoms. The fourth-order valence-corrected chi connectivity index (χ4v) is 2.80. The molecule has 0 saturated carbocycles. The van der Waals surface area contributed by atoms with Crippen molar-refractivity contribution in [2.24, 2.45) is 0 Å². The van der Waals surface area contributed by atoms with E-state index in [0.29, 0.717) is 0 Å². The predicted octanol–water partition coefficient (Wildman–Crippen LogP) is -0.531. The summed E-state index contributed by atoms with van der Waals surface area (Å²) < 4.78 is 31.6. The van der Waals surface area contributed by atoms with E-state index >= 15 is 0 Å². The maximum absolute atomic E-state index is 11.8. The number of hydrogen-bond acceptors (Lipinski definition) is 11. The summed E-state index contributed by atoms with van der Waals surface area (Å²) in [5.41, 5.74) is -1.76. The summed E-state index contributed by atoms with van der Waals surface area (Å²) >= 11 is 0. The van der Waals surface area contributed by atoms with E-state index in [1.165, 1.54) is 20.8 Å². The maximum atomic E-state index is 11.8. The van der Waals surface area contributed by atoms with Gasteiger partial charge < -0.3 is 33.5 Å². The van der Waals surface area contributed by atoms with Crippen molar-refractivity contribution in [3.8, 4) is 0 Å². The molecule has 1 saturated heterocycles. The lowest BCUT2D eigenvalue weighted by Crippen LogP contribution is -2.58. The van der Waals surface area contributed by atoms with Gasteiger partial charge in [-0.25, -0.2) is 0 Å². The smallest absolute Gasteiger partial charge is 0.303 e. The van der Waals surface area contributed by atoms with Crippen LogP contribution in [0, 0.1) is 0 Å². The van der Waals surface area contributed by atoms with E-state index in [9.17, 15) is 24.3 Å². The second-order valence-electron chi connectivity index (χ2n) is 6.26. The molecule has 1 aliphatic rings. The number of carbonyl (C=O) groups excluding carboxylic acids is 4. The Morgan fingerprint density at radius 3 is 2.00 bits per heavy atom. The summed E-state index contributed by atoms with van der Waals surface area (Å²) in [6, 6.07) is 0. The van der Waals surface area contributed by atoms with Gasteiger partial charge in [-0.15, -0.1) is 0 Å². The lowest BCUT2D eigenvalue weighted by atomic mass is 9.90. The first kappa shape index (κ1) is 23.8. The predicted molar refractivity (Wildman–Crippen MR) is 89.6 cm³/mol. The van der Waals surface area contributed by atoms with Gasteiger partial charge in [-0.2, -0.15) is 0 Å². The second kappa shape index (κ2) is 10.3. The largest absolute Gasteiger partial charge is 0.463 e. The summed E-state index contributed by atoms with van der Waals surface area (Å²) in [6.45, 7) is 4.83. The molecule has 5 atom stereocenters. The third-order valence-electron chi connectivity index (χ3n) is 3.77. The Hall–Kier alpha value is -2.24. The van der Waals surface area contributed by atoms with E-state index in [1.54, 1.807) is 0 Å². The SMILES string of the molecule is CC(=O)OCC1O[C@H](COC(C)=O)C(COC(C)O)(OC(C)=O)[C@H]1OC(C)=O. The lowest BCUT2D eigenvalue weighted by Gasteiger charge is -2.37. The van der Waals surface area contributed by atoms with Crippen LogP contribution in [0.25, 0.3) is 0 Å². The molecule has 1 aliphatic heterocycles. The van der Waals surface area contributed by atoms with Gasteiger partial charge in [0.05, 0.1) is 6.61 Å². The zero-order valence-electron chi connectivity index (χ0n) is 16.5. The van der Waals surface area contributed by atoms with Crippen LogP contribution in [0.1, 0.15) is 34.6 Å². The Kier molecular flexibility index (Phi) is 8.79. The molecular weight excluding hydrogens is 380 g/mol. The number of aliphatic hydroxyl groups is 1. The highest BCUT2D eigenvalue weighted by Crippen LogP contribution is 2.38. The molecule has 1 N–H and O–H groups in total. The highest BCUT2D eigenvalue weighted by molar-refractivity contribution is 5.68. The molecule has 0 aromatic rings. The van der Waals surface area contributed by atoms with Crippen LogP contribution in [0.2, 0.25) is 0 Å². The van der Waals surface area contributed by atoms with Crippen molar-refractivity contribution in [2.75, 3.05) is 19.8 Å². The van der Waals surface area contributed by atoms with Gasteiger partial charge in [0, 0.05) is 27.7 Å². The molecule has 0 aliphatic carbocycles. The highest BCUT2D eigenvalue weighted by atomic mass is 16.7. The number of esters is 4. The molecule has 3 unspecified atom stereocenters. The van der Waals surface area contributed by atoms with Gasteiger partial charge in [-0.3, -0.25) is 19.2 Å². The minimum Gasteiger partial charge on any atom is -0.463 e. The minimum atomic E-state index is -1.76. The zero-order valence-corrected chi connectivity index (χ0v) is 16.5. The van der Waals surface area contributed by atoms with Gasteiger partial charge in [-0.05, 0) is 6.92 Å². The van der Waals surface area contributed by atoms with Crippen LogP contribution >= 0.6 is 0 Å². The number of aliphatic hydroxyl groups excluding tert-OH is 1. The molecule has 11 nitrogen and oxygen atoms in total. The number of hydrogen-bond donors (Lipinski definition) is 1. The van der Waals surface area contributed by atoms with E-state index in [-0.39, 0.29) is 13.2 Å². The fourth-order valence-electron chi connectivity index (χ4n) is 2.80. The van der Waals surface area contributed by atoms with Gasteiger partial charge in [0.15, 0.2) is 12.4 Å². The molecule has 0 amide bonds. The van der Waals surface area contributed by atoms with Crippen LogP contribution < -0.4 is 0 Å². The van der Waals surface area contributed by atoms with Crippen molar-refractivity contribution in [1.82, 2.24) is 0 Å². The van der Waals surface area contributed by atoms with Crippen LogP contribution in [-0.4, -0.2) is 79.0 Å². The summed E-state index contributed by atoms with van der Waals surface area (Å²) in [6.07, 6.45) is -4.66. The molecular formula is C17H26O11. The first-order valence-corrected chi connectivity index (χ1v) is 8.56. The Labute approximate surface area is 162 Å². The molecule has 0 bridgehead atoms. The van der Waals surface area contributed by atoms with E-state index in [1.807, 2.05) is 0 Å². The average molecular weight is 406 g/mol. The normalized spacial score (nSPS) is 27.6. The standard InChI is InChI=1S/C17H26O11/c1-9(18)23-6-14-16(26-12(4)21)17(28-13(5)22,8-25-11(3)20)15(27-14)7-24-10(2)19/h11,14-16,20H,6-8H2,1-5H3/t11?,14?,15-,16+,17?/m1/s1. The van der Waals surface area contributed by atoms with E-state index in [2.05, 4.69) is 0 Å². The van der Waals surface area contributed by atoms with Crippen LogP contribution in [0.15, 0.2) is 0 Å². The average Bonchev–Trinajstić information content (AvgIpc) is 2.81. The Bertz CT molecular complexity index is 588. The van der Waals surface area contributed by atoms with E-state index in [4.69, 9.17) is 28.4 Å². The van der Waals surface area contributed by atoms with Crippen LogP contribution in [0.4, 0.5) is 0 Å². The van der Waals surface area contributed by atoms with Gasteiger partial charge in [0.2, 0.25) is 5.60 Å². The third kappa shape index (κ3) is 6.73. The quantitative estimate of drug-likeness (QED) is 0.300. The van der Waals surface area contributed by atoms with Crippen LogP contribution in [-0.2, 0) is 47.6 Å². The summed E-state index contributed by atoms with van der Waals surface area (Å²) in [5, 5.41) is 9.51. The van der Waals surface area contributed by atoms with Gasteiger partial charge in [0.25, 0.3) is 0 Å². The van der Waals surface area contributed by atoms with Crippen LogP contribution in [0.3, 0.4) is 0 Å². The molecule has 1 rings (SSSR count). The molecule has 0 aromatic heterocycles. The van der Waals surface area contributed by atoms with E-state index < -0.39 is 60.7 Å². The van der Waals surface area contributed by atoms with Gasteiger partial charge in [0.1, 0.15) is 25.4 Å². The van der Waals surface area contributed by atoms with Crippen LogP contribution in [0.5, 0.6) is 0 Å². The Morgan fingerprint density at radius 1 is 0.964 bits per heavy atom. The first-order valence-electron chi connectivity index (χ1n) is 8.56. The third-order valence-corrected chi connectivity index (χ3v) is 3.77.